The van der Waals surface area contributed by atoms with Gasteiger partial charge in [0.25, 0.3) is 5.91 Å². The Labute approximate surface area is 179 Å². The van der Waals surface area contributed by atoms with E-state index < -0.39 is 40.2 Å². The molecule has 1 aromatic heterocycles. The summed E-state index contributed by atoms with van der Waals surface area (Å²) < 4.78 is 9.97. The molecule has 4 N–H and O–H groups in total. The minimum atomic E-state index is -1.03. The second kappa shape index (κ2) is 10.7. The maximum atomic E-state index is 12.1. The molecule has 0 radical (unpaired) electrons. The summed E-state index contributed by atoms with van der Waals surface area (Å²) in [4.78, 5) is 39.3. The lowest BCUT2D eigenvalue weighted by atomic mass is 9.93. The second-order valence-electron chi connectivity index (χ2n) is 7.82. The second-order valence-corrected chi connectivity index (χ2v) is 7.82. The smallest absolute Gasteiger partial charge is 0.433 e. The van der Waals surface area contributed by atoms with E-state index in [0.29, 0.717) is 6.42 Å². The van der Waals surface area contributed by atoms with E-state index in [1.807, 2.05) is 0 Å². The van der Waals surface area contributed by atoms with Crippen molar-refractivity contribution < 1.29 is 33.7 Å². The van der Waals surface area contributed by atoms with E-state index >= 15 is 0 Å². The van der Waals surface area contributed by atoms with Crippen LogP contribution in [0.4, 0.5) is 10.7 Å². The fourth-order valence-electron chi connectivity index (χ4n) is 2.20. The van der Waals surface area contributed by atoms with Gasteiger partial charge in [-0.15, -0.1) is 0 Å². The molecular weight excluding hydrogens is 414 g/mol. The molecule has 31 heavy (non-hydrogen) atoms. The zero-order valence-corrected chi connectivity index (χ0v) is 18.3. The molecule has 0 aromatic carbocycles. The molecular formula is C18H29N5O8. The third-order valence-electron chi connectivity index (χ3n) is 4.06. The highest BCUT2D eigenvalue weighted by atomic mass is 16.7. The first-order chi connectivity index (χ1) is 14.3. The lowest BCUT2D eigenvalue weighted by Gasteiger charge is -2.31. The Morgan fingerprint density at radius 1 is 1.32 bits per heavy atom. The molecule has 0 saturated carbocycles. The molecule has 1 aromatic rings. The highest BCUT2D eigenvalue weighted by Crippen LogP contribution is 2.16. The van der Waals surface area contributed by atoms with Crippen molar-refractivity contribution in [1.29, 1.82) is 0 Å². The van der Waals surface area contributed by atoms with Crippen LogP contribution >= 0.6 is 0 Å². The molecule has 2 atom stereocenters. The molecule has 0 fully saturated rings. The lowest BCUT2D eigenvalue weighted by Crippen LogP contribution is -2.55. The highest BCUT2D eigenvalue weighted by Gasteiger charge is 2.31. The van der Waals surface area contributed by atoms with Gasteiger partial charge in [0.15, 0.2) is 12.0 Å². The summed E-state index contributed by atoms with van der Waals surface area (Å²) in [6.07, 6.45) is -1.08. The van der Waals surface area contributed by atoms with Gasteiger partial charge in [-0.05, 0) is 47.1 Å². The summed E-state index contributed by atoms with van der Waals surface area (Å²) in [5.41, 5.74) is 1.13. The van der Waals surface area contributed by atoms with Gasteiger partial charge in [0.05, 0.1) is 23.9 Å². The van der Waals surface area contributed by atoms with Crippen molar-refractivity contribution in [3.8, 4) is 0 Å². The standard InChI is InChI=1S/C18H29N5O8/c1-7-18(6,22-31-11(2)20-16(25)30-17(3,4)5)13(21-26)10-19-15(24)12-8-9-14(29-12)23(27)28/h8-9,11,22,26H,7,10H2,1-6H3,(H,19,24)(H,20,25)/b21-13-. The molecule has 0 bridgehead atoms. The predicted molar refractivity (Wildman–Crippen MR) is 109 cm³/mol. The van der Waals surface area contributed by atoms with Crippen molar-refractivity contribution in [2.45, 2.75) is 65.3 Å². The predicted octanol–water partition coefficient (Wildman–Crippen LogP) is 2.31. The molecule has 0 spiro atoms. The molecule has 13 heteroatoms. The topological polar surface area (TPSA) is 178 Å². The molecule has 174 valence electrons. The number of nitrogens with one attached hydrogen (secondary N) is 3. The molecule has 2 unspecified atom stereocenters. The molecule has 0 saturated heterocycles. The number of hydrogen-bond donors (Lipinski definition) is 4. The maximum absolute atomic E-state index is 12.1. The summed E-state index contributed by atoms with van der Waals surface area (Å²) in [6.45, 7) is 9.97. The van der Waals surface area contributed by atoms with E-state index in [-0.39, 0.29) is 18.0 Å². The van der Waals surface area contributed by atoms with Gasteiger partial charge in [0.2, 0.25) is 0 Å². The number of furan rings is 1. The number of oxime groups is 1. The first kappa shape index (κ1) is 25.8. The van der Waals surface area contributed by atoms with Gasteiger partial charge in [-0.2, -0.15) is 5.48 Å². The molecule has 2 amide bonds. The van der Waals surface area contributed by atoms with E-state index in [1.54, 1.807) is 41.5 Å². The van der Waals surface area contributed by atoms with Crippen molar-refractivity contribution in [3.05, 3.63) is 28.0 Å². The van der Waals surface area contributed by atoms with E-state index in [4.69, 9.17) is 14.0 Å². The number of hydrogen-bond acceptors (Lipinski definition) is 10. The summed E-state index contributed by atoms with van der Waals surface area (Å²) >= 11 is 0. The lowest BCUT2D eigenvalue weighted by molar-refractivity contribution is -0.402. The Hall–Kier alpha value is -3.19. The Balaban J connectivity index is 2.67. The number of nitro groups is 1. The largest absolute Gasteiger partial charge is 0.444 e. The van der Waals surface area contributed by atoms with Crippen LogP contribution in [0, 0.1) is 10.1 Å². The van der Waals surface area contributed by atoms with E-state index in [9.17, 15) is 24.9 Å². The van der Waals surface area contributed by atoms with E-state index in [1.165, 1.54) is 0 Å². The third-order valence-corrected chi connectivity index (χ3v) is 4.06. The van der Waals surface area contributed by atoms with Crippen molar-refractivity contribution >= 4 is 23.6 Å². The molecule has 1 rings (SSSR count). The van der Waals surface area contributed by atoms with Crippen LogP contribution in [-0.4, -0.2) is 51.8 Å². The summed E-state index contributed by atoms with van der Waals surface area (Å²) in [5, 5.41) is 28.3. The number of alkyl carbamates (subject to hydrolysis) is 1. The zero-order chi connectivity index (χ0) is 23.8. The quantitative estimate of drug-likeness (QED) is 0.139. The number of rotatable bonds is 10. The normalized spacial score (nSPS) is 15.0. The molecule has 13 nitrogen and oxygen atoms in total. The van der Waals surface area contributed by atoms with Crippen LogP contribution in [0.25, 0.3) is 0 Å². The van der Waals surface area contributed by atoms with Crippen molar-refractivity contribution in [2.75, 3.05) is 6.54 Å². The van der Waals surface area contributed by atoms with Crippen molar-refractivity contribution in [1.82, 2.24) is 16.1 Å². The van der Waals surface area contributed by atoms with E-state index in [2.05, 4.69) is 21.3 Å². The van der Waals surface area contributed by atoms with Crippen LogP contribution in [-0.2, 0) is 9.57 Å². The first-order valence-corrected chi connectivity index (χ1v) is 9.47. The average Bonchev–Trinajstić information content (AvgIpc) is 3.15. The van der Waals surface area contributed by atoms with Gasteiger partial charge in [0.1, 0.15) is 10.5 Å². The number of hydroxylamine groups is 1. The van der Waals surface area contributed by atoms with Crippen molar-refractivity contribution in [3.63, 3.8) is 0 Å². The Kier molecular flexibility index (Phi) is 8.94. The fraction of sp³-hybridized carbons (Fsp3) is 0.611. The monoisotopic (exact) mass is 443 g/mol. The number of nitrogens with zero attached hydrogens (tertiary/aromatic N) is 2. The Morgan fingerprint density at radius 2 is 1.97 bits per heavy atom. The van der Waals surface area contributed by atoms with Crippen LogP contribution in [0.3, 0.4) is 0 Å². The van der Waals surface area contributed by atoms with Gasteiger partial charge >= 0.3 is 12.0 Å². The van der Waals surface area contributed by atoms with Gasteiger partial charge in [-0.25, -0.2) is 4.79 Å². The molecule has 0 aliphatic carbocycles. The molecule has 0 aliphatic heterocycles. The number of carbonyl (C=O) groups is 2. The van der Waals surface area contributed by atoms with Gasteiger partial charge in [0, 0.05) is 0 Å². The maximum Gasteiger partial charge on any atom is 0.433 e. The zero-order valence-electron chi connectivity index (χ0n) is 18.3. The third kappa shape index (κ3) is 8.22. The minimum Gasteiger partial charge on any atom is -0.444 e. The Morgan fingerprint density at radius 3 is 2.45 bits per heavy atom. The fourth-order valence-corrected chi connectivity index (χ4v) is 2.20. The highest BCUT2D eigenvalue weighted by molar-refractivity contribution is 5.99. The van der Waals surface area contributed by atoms with Gasteiger partial charge in [-0.1, -0.05) is 12.1 Å². The summed E-state index contributed by atoms with van der Waals surface area (Å²) in [7, 11) is 0. The van der Waals surface area contributed by atoms with Crippen LogP contribution in [0.15, 0.2) is 21.7 Å². The summed E-state index contributed by atoms with van der Waals surface area (Å²) in [6, 6.07) is 2.22. The number of carbonyl (C=O) groups excluding carboxylic acids is 2. The van der Waals surface area contributed by atoms with Gasteiger partial charge < -0.3 is 19.7 Å². The van der Waals surface area contributed by atoms with Crippen molar-refractivity contribution in [2.24, 2.45) is 5.16 Å². The number of ether oxygens (including phenoxy) is 1. The van der Waals surface area contributed by atoms with Gasteiger partial charge in [-0.3, -0.25) is 25.1 Å². The molecule has 0 aliphatic rings. The average molecular weight is 443 g/mol. The van der Waals surface area contributed by atoms with Crippen LogP contribution < -0.4 is 16.1 Å². The van der Waals surface area contributed by atoms with Crippen LogP contribution in [0.1, 0.15) is 58.5 Å². The Bertz CT molecular complexity index is 816. The van der Waals surface area contributed by atoms with Crippen LogP contribution in [0.2, 0.25) is 0 Å². The van der Waals surface area contributed by atoms with E-state index in [0.717, 1.165) is 12.1 Å². The number of amides is 2. The molecule has 1 heterocycles. The van der Waals surface area contributed by atoms with Crippen LogP contribution in [0.5, 0.6) is 0 Å². The summed E-state index contributed by atoms with van der Waals surface area (Å²) in [5.74, 6) is -1.56. The first-order valence-electron chi connectivity index (χ1n) is 9.47. The SMILES string of the molecule is CCC(C)(NOC(C)NC(=O)OC(C)(C)C)/C(CNC(=O)c1ccc([N+](=O)[O-])o1)=N\O. The minimum absolute atomic E-state index is 0.105.